The van der Waals surface area contributed by atoms with Crippen LogP contribution in [0.4, 0.5) is 11.6 Å². The van der Waals surface area contributed by atoms with Crippen LogP contribution in [0, 0.1) is 5.92 Å². The Morgan fingerprint density at radius 2 is 1.58 bits per heavy atom. The Kier molecular flexibility index (Phi) is 6.36. The monoisotopic (exact) mass is 258 g/mol. The molecule has 2 aromatic heterocycles. The lowest BCUT2D eigenvalue weighted by atomic mass is 10.1. The second kappa shape index (κ2) is 8.08. The minimum atomic E-state index is 0.472. The number of hydrogen-bond acceptors (Lipinski definition) is 4. The summed E-state index contributed by atoms with van der Waals surface area (Å²) < 4.78 is 0. The van der Waals surface area contributed by atoms with Gasteiger partial charge in [0.05, 0.1) is 0 Å². The lowest BCUT2D eigenvalue weighted by Crippen LogP contribution is -2.21. The van der Waals surface area contributed by atoms with E-state index in [4.69, 9.17) is 5.73 Å². The van der Waals surface area contributed by atoms with Crippen molar-refractivity contribution < 1.29 is 0 Å². The number of aromatic nitrogens is 2. The largest absolute Gasteiger partial charge is 0.384 e. The number of pyridine rings is 2. The molecule has 1 unspecified atom stereocenters. The van der Waals surface area contributed by atoms with Crippen LogP contribution in [0.2, 0.25) is 0 Å². The Hall–Kier alpha value is -2.10. The minimum absolute atomic E-state index is 0.472. The summed E-state index contributed by atoms with van der Waals surface area (Å²) in [4.78, 5) is 7.95. The zero-order valence-corrected chi connectivity index (χ0v) is 11.7. The van der Waals surface area contributed by atoms with Crippen molar-refractivity contribution in [1.29, 1.82) is 0 Å². The zero-order valence-electron chi connectivity index (χ0n) is 11.7. The van der Waals surface area contributed by atoms with Crippen molar-refractivity contribution in [3.63, 3.8) is 0 Å². The van der Waals surface area contributed by atoms with E-state index in [0.29, 0.717) is 17.8 Å². The van der Waals surface area contributed by atoms with Crippen molar-refractivity contribution >= 4 is 11.6 Å². The maximum atomic E-state index is 5.25. The molecule has 0 saturated carbocycles. The highest BCUT2D eigenvalue weighted by Gasteiger charge is 2.05. The van der Waals surface area contributed by atoms with Gasteiger partial charge in [-0.05, 0) is 37.1 Å². The first-order chi connectivity index (χ1) is 9.09. The molecule has 2 rings (SSSR count). The third-order valence-electron chi connectivity index (χ3n) is 2.73. The van der Waals surface area contributed by atoms with Gasteiger partial charge in [0.1, 0.15) is 11.6 Å². The SMILES string of the molecule is CC(C)C(C)Nc1ccccn1.Nc1ccccn1. The van der Waals surface area contributed by atoms with E-state index in [1.807, 2.05) is 30.3 Å². The molecule has 19 heavy (non-hydrogen) atoms. The van der Waals surface area contributed by atoms with E-state index in [9.17, 15) is 0 Å². The van der Waals surface area contributed by atoms with Crippen LogP contribution in [-0.2, 0) is 0 Å². The highest BCUT2D eigenvalue weighted by molar-refractivity contribution is 5.34. The molecule has 0 bridgehead atoms. The lowest BCUT2D eigenvalue weighted by Gasteiger charge is -2.17. The summed E-state index contributed by atoms with van der Waals surface area (Å²) in [5.74, 6) is 2.16. The van der Waals surface area contributed by atoms with Crippen molar-refractivity contribution in [2.45, 2.75) is 26.8 Å². The van der Waals surface area contributed by atoms with Gasteiger partial charge in [-0.25, -0.2) is 9.97 Å². The topological polar surface area (TPSA) is 63.8 Å². The maximum Gasteiger partial charge on any atom is 0.126 e. The van der Waals surface area contributed by atoms with E-state index < -0.39 is 0 Å². The van der Waals surface area contributed by atoms with Gasteiger partial charge in [0.25, 0.3) is 0 Å². The Morgan fingerprint density at radius 1 is 0.947 bits per heavy atom. The van der Waals surface area contributed by atoms with Gasteiger partial charge in [-0.3, -0.25) is 0 Å². The highest BCUT2D eigenvalue weighted by Crippen LogP contribution is 2.08. The van der Waals surface area contributed by atoms with Gasteiger partial charge < -0.3 is 11.1 Å². The molecule has 0 saturated heterocycles. The smallest absolute Gasteiger partial charge is 0.126 e. The molecule has 0 aliphatic rings. The first-order valence-corrected chi connectivity index (χ1v) is 6.43. The number of nitrogens with zero attached hydrogens (tertiary/aromatic N) is 2. The van der Waals surface area contributed by atoms with Crippen molar-refractivity contribution in [3.8, 4) is 0 Å². The molecule has 0 spiro atoms. The summed E-state index contributed by atoms with van der Waals surface area (Å²) in [5.41, 5.74) is 5.25. The summed E-state index contributed by atoms with van der Waals surface area (Å²) >= 11 is 0. The van der Waals surface area contributed by atoms with Crippen LogP contribution >= 0.6 is 0 Å². The molecule has 0 radical (unpaired) electrons. The second-order valence-corrected chi connectivity index (χ2v) is 4.65. The van der Waals surface area contributed by atoms with Gasteiger partial charge in [-0.15, -0.1) is 0 Å². The Labute approximate surface area is 115 Å². The summed E-state index contributed by atoms with van der Waals surface area (Å²) in [6.07, 6.45) is 3.46. The fraction of sp³-hybridized carbons (Fsp3) is 0.333. The molecule has 0 fully saturated rings. The first-order valence-electron chi connectivity index (χ1n) is 6.43. The predicted octanol–water partition coefficient (Wildman–Crippen LogP) is 3.20. The van der Waals surface area contributed by atoms with Crippen LogP contribution in [-0.4, -0.2) is 16.0 Å². The molecule has 0 aliphatic heterocycles. The minimum Gasteiger partial charge on any atom is -0.384 e. The number of nitrogens with one attached hydrogen (secondary N) is 1. The van der Waals surface area contributed by atoms with E-state index >= 15 is 0 Å². The standard InChI is InChI=1S/C10H16N2.C5H6N2/c1-8(2)9(3)12-10-6-4-5-7-11-10;6-5-3-1-2-4-7-5/h4-9H,1-3H3,(H,11,12);1-4H,(H2,6,7). The Morgan fingerprint density at radius 3 is 1.95 bits per heavy atom. The van der Waals surface area contributed by atoms with E-state index in [2.05, 4.69) is 36.1 Å². The van der Waals surface area contributed by atoms with Crippen molar-refractivity contribution in [1.82, 2.24) is 9.97 Å². The van der Waals surface area contributed by atoms with Crippen LogP contribution in [0.5, 0.6) is 0 Å². The van der Waals surface area contributed by atoms with Gasteiger partial charge in [0.2, 0.25) is 0 Å². The molecule has 4 nitrogen and oxygen atoms in total. The molecular formula is C15H22N4. The summed E-state index contributed by atoms with van der Waals surface area (Å²) in [6.45, 7) is 6.56. The highest BCUT2D eigenvalue weighted by atomic mass is 15.0. The average Bonchev–Trinajstić information content (AvgIpc) is 2.41. The molecule has 2 aromatic rings. The fourth-order valence-corrected chi connectivity index (χ4v) is 1.22. The quantitative estimate of drug-likeness (QED) is 0.887. The van der Waals surface area contributed by atoms with Gasteiger partial charge in [-0.1, -0.05) is 26.0 Å². The Balaban J connectivity index is 0.000000218. The molecule has 0 aliphatic carbocycles. The number of hydrogen-bond donors (Lipinski definition) is 2. The van der Waals surface area contributed by atoms with E-state index in [1.165, 1.54) is 0 Å². The normalized spacial score (nSPS) is 11.4. The molecule has 1 atom stereocenters. The average molecular weight is 258 g/mol. The van der Waals surface area contributed by atoms with Gasteiger partial charge in [0.15, 0.2) is 0 Å². The van der Waals surface area contributed by atoms with Crippen LogP contribution in [0.25, 0.3) is 0 Å². The fourth-order valence-electron chi connectivity index (χ4n) is 1.22. The summed E-state index contributed by atoms with van der Waals surface area (Å²) in [6, 6.07) is 11.8. The van der Waals surface area contributed by atoms with E-state index in [0.717, 1.165) is 5.82 Å². The molecule has 102 valence electrons. The third kappa shape index (κ3) is 6.41. The zero-order chi connectivity index (χ0) is 14.1. The number of rotatable bonds is 3. The number of nitrogens with two attached hydrogens (primary N) is 1. The van der Waals surface area contributed by atoms with E-state index in [1.54, 1.807) is 18.5 Å². The van der Waals surface area contributed by atoms with Gasteiger partial charge in [-0.2, -0.15) is 0 Å². The molecule has 0 aromatic carbocycles. The third-order valence-corrected chi connectivity index (χ3v) is 2.73. The summed E-state index contributed by atoms with van der Waals surface area (Å²) in [5, 5.41) is 3.33. The van der Waals surface area contributed by atoms with Gasteiger partial charge >= 0.3 is 0 Å². The molecular weight excluding hydrogens is 236 g/mol. The van der Waals surface area contributed by atoms with Gasteiger partial charge in [0, 0.05) is 18.4 Å². The maximum absolute atomic E-state index is 5.25. The second-order valence-electron chi connectivity index (χ2n) is 4.65. The first kappa shape index (κ1) is 15.0. The lowest BCUT2D eigenvalue weighted by molar-refractivity contribution is 0.558. The van der Waals surface area contributed by atoms with Crippen molar-refractivity contribution in [2.24, 2.45) is 5.92 Å². The van der Waals surface area contributed by atoms with Crippen LogP contribution in [0.15, 0.2) is 48.8 Å². The van der Waals surface area contributed by atoms with Crippen molar-refractivity contribution in [2.75, 3.05) is 11.1 Å². The molecule has 3 N–H and O–H groups in total. The van der Waals surface area contributed by atoms with Crippen LogP contribution in [0.3, 0.4) is 0 Å². The predicted molar refractivity (Wildman–Crippen MR) is 80.8 cm³/mol. The van der Waals surface area contributed by atoms with Crippen LogP contribution < -0.4 is 11.1 Å². The Bertz CT molecular complexity index is 442. The molecule has 0 amide bonds. The number of nitrogen functional groups attached to an aromatic ring is 1. The van der Waals surface area contributed by atoms with Crippen molar-refractivity contribution in [3.05, 3.63) is 48.8 Å². The summed E-state index contributed by atoms with van der Waals surface area (Å²) in [7, 11) is 0. The molecule has 4 heteroatoms. The van der Waals surface area contributed by atoms with E-state index in [-0.39, 0.29) is 0 Å². The number of anilines is 2. The molecule has 2 heterocycles. The van der Waals surface area contributed by atoms with Crippen LogP contribution in [0.1, 0.15) is 20.8 Å².